The third kappa shape index (κ3) is 5.11. The first-order chi connectivity index (χ1) is 16.2. The number of imide groups is 1. The maximum absolute atomic E-state index is 12.7. The maximum atomic E-state index is 12.7. The normalized spacial score (nSPS) is 16.3. The van der Waals surface area contributed by atoms with Crippen LogP contribution in [0.15, 0.2) is 23.1 Å². The fraction of sp³-hybridized carbons (Fsp3) is 0.417. The van der Waals surface area contributed by atoms with Gasteiger partial charge in [-0.3, -0.25) is 24.0 Å². The zero-order valence-electron chi connectivity index (χ0n) is 19.7. The fourth-order valence-corrected chi connectivity index (χ4v) is 4.76. The highest BCUT2D eigenvalue weighted by atomic mass is 32.2. The zero-order chi connectivity index (χ0) is 24.4. The molecule has 0 atom stereocenters. The summed E-state index contributed by atoms with van der Waals surface area (Å²) in [7, 11) is 0. The first-order valence-electron chi connectivity index (χ1n) is 11.2. The van der Waals surface area contributed by atoms with Gasteiger partial charge in [0.05, 0.1) is 17.0 Å². The molecule has 0 radical (unpaired) electrons. The molecule has 0 bridgehead atoms. The smallest absolute Gasteiger partial charge is 0.293 e. The summed E-state index contributed by atoms with van der Waals surface area (Å²) < 4.78 is 12.6. The van der Waals surface area contributed by atoms with E-state index >= 15 is 0 Å². The SMILES string of the molecule is Cc1nn(CC(C)C)c(C)c1CC(=O)NCCN1C(=O)S/C(=C\c2ccc3c(c2)OCO3)C1=O. The second-order valence-corrected chi connectivity index (χ2v) is 9.69. The summed E-state index contributed by atoms with van der Waals surface area (Å²) in [6.45, 7) is 9.38. The van der Waals surface area contributed by atoms with Crippen molar-refractivity contribution in [2.24, 2.45) is 5.92 Å². The minimum Gasteiger partial charge on any atom is -0.454 e. The molecule has 2 aromatic rings. The number of aromatic nitrogens is 2. The van der Waals surface area contributed by atoms with E-state index in [-0.39, 0.29) is 43.4 Å². The van der Waals surface area contributed by atoms with Crippen molar-refractivity contribution >= 4 is 34.9 Å². The summed E-state index contributed by atoms with van der Waals surface area (Å²) in [5.74, 6) is 1.17. The number of ether oxygens (including phenoxy) is 2. The Morgan fingerprint density at radius 3 is 2.76 bits per heavy atom. The third-order valence-electron chi connectivity index (χ3n) is 5.63. The van der Waals surface area contributed by atoms with Crippen LogP contribution < -0.4 is 14.8 Å². The van der Waals surface area contributed by atoms with Crippen molar-refractivity contribution in [3.63, 3.8) is 0 Å². The molecule has 1 aromatic carbocycles. The minimum atomic E-state index is -0.372. The summed E-state index contributed by atoms with van der Waals surface area (Å²) in [6.07, 6.45) is 1.87. The van der Waals surface area contributed by atoms with Crippen molar-refractivity contribution in [3.8, 4) is 11.5 Å². The molecule has 180 valence electrons. The highest BCUT2D eigenvalue weighted by Gasteiger charge is 2.34. The van der Waals surface area contributed by atoms with Crippen molar-refractivity contribution in [1.82, 2.24) is 20.0 Å². The first-order valence-corrected chi connectivity index (χ1v) is 12.0. The molecule has 34 heavy (non-hydrogen) atoms. The molecular formula is C24H28N4O5S. The number of benzene rings is 1. The predicted molar refractivity (Wildman–Crippen MR) is 128 cm³/mol. The van der Waals surface area contributed by atoms with Gasteiger partial charge in [-0.2, -0.15) is 5.10 Å². The molecule has 1 saturated heterocycles. The third-order valence-corrected chi connectivity index (χ3v) is 6.54. The number of hydrogen-bond donors (Lipinski definition) is 1. The molecule has 0 spiro atoms. The molecule has 2 aliphatic heterocycles. The van der Waals surface area contributed by atoms with E-state index in [0.29, 0.717) is 22.3 Å². The lowest BCUT2D eigenvalue weighted by Gasteiger charge is -2.13. The van der Waals surface area contributed by atoms with Crippen LogP contribution in [0.3, 0.4) is 0 Å². The number of nitrogens with one attached hydrogen (secondary N) is 1. The topological polar surface area (TPSA) is 103 Å². The number of aryl methyl sites for hydroxylation is 1. The first kappa shape index (κ1) is 23.9. The van der Waals surface area contributed by atoms with Crippen LogP contribution in [0.2, 0.25) is 0 Å². The quantitative estimate of drug-likeness (QED) is 0.574. The Bertz CT molecular complexity index is 1170. The zero-order valence-corrected chi connectivity index (χ0v) is 20.5. The van der Waals surface area contributed by atoms with Gasteiger partial charge in [0.15, 0.2) is 11.5 Å². The molecule has 1 N–H and O–H groups in total. The Balaban J connectivity index is 1.32. The summed E-state index contributed by atoms with van der Waals surface area (Å²) >= 11 is 0.886. The Morgan fingerprint density at radius 2 is 2.00 bits per heavy atom. The van der Waals surface area contributed by atoms with Crippen LogP contribution in [0, 0.1) is 19.8 Å². The van der Waals surface area contributed by atoms with Gasteiger partial charge in [0.1, 0.15) is 0 Å². The van der Waals surface area contributed by atoms with E-state index in [2.05, 4.69) is 24.3 Å². The molecule has 9 nitrogen and oxygen atoms in total. The van der Waals surface area contributed by atoms with Crippen LogP contribution >= 0.6 is 11.8 Å². The second-order valence-electron chi connectivity index (χ2n) is 8.70. The number of rotatable bonds is 8. The Kier molecular flexibility index (Phi) is 6.97. The van der Waals surface area contributed by atoms with Crippen LogP contribution in [0.4, 0.5) is 4.79 Å². The van der Waals surface area contributed by atoms with Gasteiger partial charge in [0.2, 0.25) is 12.7 Å². The molecular weight excluding hydrogens is 456 g/mol. The van der Waals surface area contributed by atoms with E-state index < -0.39 is 0 Å². The van der Waals surface area contributed by atoms with E-state index in [1.165, 1.54) is 0 Å². The molecule has 1 fully saturated rings. The van der Waals surface area contributed by atoms with E-state index in [4.69, 9.17) is 9.47 Å². The monoisotopic (exact) mass is 484 g/mol. The van der Waals surface area contributed by atoms with Crippen molar-refractivity contribution in [2.45, 2.75) is 40.7 Å². The average Bonchev–Trinajstić information content (AvgIpc) is 3.42. The number of hydrogen-bond acceptors (Lipinski definition) is 7. The maximum Gasteiger partial charge on any atom is 0.293 e. The van der Waals surface area contributed by atoms with Crippen molar-refractivity contribution < 1.29 is 23.9 Å². The lowest BCUT2D eigenvalue weighted by molar-refractivity contribution is -0.124. The lowest BCUT2D eigenvalue weighted by Crippen LogP contribution is -2.37. The van der Waals surface area contributed by atoms with Gasteiger partial charge in [0.25, 0.3) is 11.1 Å². The molecule has 4 rings (SSSR count). The predicted octanol–water partition coefficient (Wildman–Crippen LogP) is 3.28. The molecule has 0 saturated carbocycles. The van der Waals surface area contributed by atoms with Crippen molar-refractivity contribution in [3.05, 3.63) is 45.6 Å². The summed E-state index contributed by atoms with van der Waals surface area (Å²) in [5.41, 5.74) is 3.48. The van der Waals surface area contributed by atoms with E-state index in [0.717, 1.165) is 45.7 Å². The van der Waals surface area contributed by atoms with Crippen molar-refractivity contribution in [1.29, 1.82) is 0 Å². The molecule has 2 aliphatic rings. The van der Waals surface area contributed by atoms with Crippen LogP contribution in [0.25, 0.3) is 6.08 Å². The molecule has 0 unspecified atom stereocenters. The number of amides is 3. The number of thioether (sulfide) groups is 1. The van der Waals surface area contributed by atoms with Gasteiger partial charge < -0.3 is 14.8 Å². The van der Waals surface area contributed by atoms with Crippen LogP contribution in [0.5, 0.6) is 11.5 Å². The summed E-state index contributed by atoms with van der Waals surface area (Å²) in [4.78, 5) is 39.1. The largest absolute Gasteiger partial charge is 0.454 e. The Morgan fingerprint density at radius 1 is 1.24 bits per heavy atom. The fourth-order valence-electron chi connectivity index (χ4n) is 3.89. The summed E-state index contributed by atoms with van der Waals surface area (Å²) in [5, 5.41) is 7.01. The Hall–Kier alpha value is -3.27. The average molecular weight is 485 g/mol. The van der Waals surface area contributed by atoms with E-state index in [9.17, 15) is 14.4 Å². The molecule has 3 heterocycles. The van der Waals surface area contributed by atoms with Gasteiger partial charge in [-0.25, -0.2) is 0 Å². The van der Waals surface area contributed by atoms with Gasteiger partial charge in [-0.15, -0.1) is 0 Å². The van der Waals surface area contributed by atoms with E-state index in [1.807, 2.05) is 18.5 Å². The molecule has 0 aliphatic carbocycles. The Labute approximate surface area is 202 Å². The van der Waals surface area contributed by atoms with Gasteiger partial charge in [-0.05, 0) is 55.3 Å². The van der Waals surface area contributed by atoms with Crippen molar-refractivity contribution in [2.75, 3.05) is 19.9 Å². The van der Waals surface area contributed by atoms with Gasteiger partial charge >= 0.3 is 0 Å². The highest BCUT2D eigenvalue weighted by molar-refractivity contribution is 8.18. The van der Waals surface area contributed by atoms with Crippen LogP contribution in [0.1, 0.15) is 36.4 Å². The van der Waals surface area contributed by atoms with Crippen LogP contribution in [-0.4, -0.2) is 51.6 Å². The number of fused-ring (bicyclic) bond motifs is 1. The highest BCUT2D eigenvalue weighted by Crippen LogP contribution is 2.36. The van der Waals surface area contributed by atoms with Gasteiger partial charge in [-0.1, -0.05) is 19.9 Å². The lowest BCUT2D eigenvalue weighted by atomic mass is 10.1. The van der Waals surface area contributed by atoms with Crippen LogP contribution in [-0.2, 0) is 22.6 Å². The number of carbonyl (C=O) groups is 3. The molecule has 10 heteroatoms. The minimum absolute atomic E-state index is 0.111. The van der Waals surface area contributed by atoms with Gasteiger partial charge in [0, 0.05) is 30.9 Å². The molecule has 1 aromatic heterocycles. The number of carbonyl (C=O) groups excluding carboxylic acids is 3. The summed E-state index contributed by atoms with van der Waals surface area (Å²) in [6, 6.07) is 5.34. The van der Waals surface area contributed by atoms with E-state index in [1.54, 1.807) is 24.3 Å². The standard InChI is InChI=1S/C24H28N4O5S/c1-14(2)12-28-16(4)18(15(3)26-28)11-22(29)25-7-8-27-23(30)21(34-24(27)31)10-17-5-6-19-20(9-17)33-13-32-19/h5-6,9-10,14H,7-8,11-13H2,1-4H3,(H,25,29)/b21-10-. The number of nitrogens with zero attached hydrogens (tertiary/aromatic N) is 3. The second kappa shape index (κ2) is 9.92. The molecule has 3 amide bonds.